The fraction of sp³-hybridized carbons (Fsp3) is 0.750. The maximum Gasteiger partial charge on any atom is 0.0475 e. The quantitative estimate of drug-likeness (QED) is 0.880. The molecule has 3 rings (SSSR count). The van der Waals surface area contributed by atoms with Crippen LogP contribution in [0.3, 0.4) is 0 Å². The average Bonchev–Trinajstić information content (AvgIpc) is 3.11. The molecule has 118 valence electrons. The minimum absolute atomic E-state index is 0.332. The molecule has 0 amide bonds. The van der Waals surface area contributed by atoms with E-state index in [1.54, 1.807) is 11.3 Å². The summed E-state index contributed by atoms with van der Waals surface area (Å²) in [6.07, 6.45) is 0. The van der Waals surface area contributed by atoms with E-state index in [0.29, 0.717) is 18.4 Å². The standard InChI is InChI=1S/C16H27N3OS/c1-17-3-5-18(6-4-17)9-15-10-19(11-16(15)12-20)8-14-2-7-21-13-14/h2,7,13,15-16,20H,3-6,8-12H2,1H3. The molecular formula is C16H27N3OS. The number of nitrogens with zero attached hydrogens (tertiary/aromatic N) is 3. The Morgan fingerprint density at radius 2 is 1.90 bits per heavy atom. The zero-order chi connectivity index (χ0) is 14.7. The summed E-state index contributed by atoms with van der Waals surface area (Å²) in [5, 5.41) is 14.1. The Bertz CT molecular complexity index is 417. The highest BCUT2D eigenvalue weighted by Gasteiger charge is 2.33. The fourth-order valence-electron chi connectivity index (χ4n) is 3.58. The number of piperazine rings is 1. The van der Waals surface area contributed by atoms with Gasteiger partial charge < -0.3 is 14.9 Å². The van der Waals surface area contributed by atoms with E-state index in [9.17, 15) is 5.11 Å². The van der Waals surface area contributed by atoms with E-state index >= 15 is 0 Å². The minimum atomic E-state index is 0.332. The van der Waals surface area contributed by atoms with Gasteiger partial charge in [0.05, 0.1) is 0 Å². The van der Waals surface area contributed by atoms with Crippen molar-refractivity contribution in [3.8, 4) is 0 Å². The number of aliphatic hydroxyl groups is 1. The Hall–Kier alpha value is -0.460. The van der Waals surface area contributed by atoms with Crippen molar-refractivity contribution in [2.24, 2.45) is 11.8 Å². The molecular weight excluding hydrogens is 282 g/mol. The molecule has 2 atom stereocenters. The predicted octanol–water partition coefficient (Wildman–Crippen LogP) is 1.04. The first-order valence-corrected chi connectivity index (χ1v) is 8.94. The average molecular weight is 309 g/mol. The van der Waals surface area contributed by atoms with Crippen molar-refractivity contribution >= 4 is 11.3 Å². The van der Waals surface area contributed by atoms with Gasteiger partial charge in [0.2, 0.25) is 0 Å². The third kappa shape index (κ3) is 4.05. The summed E-state index contributed by atoms with van der Waals surface area (Å²) in [7, 11) is 2.20. The number of hydrogen-bond acceptors (Lipinski definition) is 5. The van der Waals surface area contributed by atoms with Gasteiger partial charge in [-0.3, -0.25) is 4.90 Å². The second kappa shape index (κ2) is 7.20. The van der Waals surface area contributed by atoms with Crippen LogP contribution < -0.4 is 0 Å². The molecule has 5 heteroatoms. The van der Waals surface area contributed by atoms with E-state index < -0.39 is 0 Å². The Kier molecular flexibility index (Phi) is 5.29. The number of hydrogen-bond donors (Lipinski definition) is 1. The van der Waals surface area contributed by atoms with Crippen molar-refractivity contribution in [2.45, 2.75) is 6.54 Å². The van der Waals surface area contributed by atoms with Crippen molar-refractivity contribution in [1.29, 1.82) is 0 Å². The van der Waals surface area contributed by atoms with E-state index in [4.69, 9.17) is 0 Å². The molecule has 2 saturated heterocycles. The SMILES string of the molecule is CN1CCN(CC2CN(Cc3ccsc3)CC2CO)CC1. The molecule has 2 aliphatic rings. The predicted molar refractivity (Wildman–Crippen MR) is 87.6 cm³/mol. The fourth-order valence-corrected chi connectivity index (χ4v) is 4.24. The Morgan fingerprint density at radius 1 is 1.14 bits per heavy atom. The van der Waals surface area contributed by atoms with Crippen LogP contribution in [0.2, 0.25) is 0 Å². The van der Waals surface area contributed by atoms with Crippen molar-refractivity contribution < 1.29 is 5.11 Å². The van der Waals surface area contributed by atoms with Crippen molar-refractivity contribution in [1.82, 2.24) is 14.7 Å². The zero-order valence-electron chi connectivity index (χ0n) is 12.9. The van der Waals surface area contributed by atoms with Crippen LogP contribution in [0, 0.1) is 11.8 Å². The molecule has 0 aliphatic carbocycles. The Morgan fingerprint density at radius 3 is 2.57 bits per heavy atom. The van der Waals surface area contributed by atoms with E-state index in [-0.39, 0.29) is 0 Å². The lowest BCUT2D eigenvalue weighted by Gasteiger charge is -2.34. The summed E-state index contributed by atoms with van der Waals surface area (Å²) in [6.45, 7) is 9.41. The summed E-state index contributed by atoms with van der Waals surface area (Å²) in [5.41, 5.74) is 1.41. The molecule has 3 heterocycles. The Labute approximate surface area is 132 Å². The van der Waals surface area contributed by atoms with Crippen LogP contribution in [0.1, 0.15) is 5.56 Å². The molecule has 0 bridgehead atoms. The highest BCUT2D eigenvalue weighted by molar-refractivity contribution is 7.07. The molecule has 0 radical (unpaired) electrons. The number of rotatable bonds is 5. The van der Waals surface area contributed by atoms with Crippen LogP contribution in [0.4, 0.5) is 0 Å². The van der Waals surface area contributed by atoms with Gasteiger partial charge in [0, 0.05) is 59.0 Å². The first-order chi connectivity index (χ1) is 10.2. The number of likely N-dealkylation sites (tertiary alicyclic amines) is 1. The Balaban J connectivity index is 1.52. The maximum atomic E-state index is 9.70. The summed E-state index contributed by atoms with van der Waals surface area (Å²) in [5.74, 6) is 1.07. The molecule has 0 saturated carbocycles. The second-order valence-electron chi connectivity index (χ2n) is 6.63. The van der Waals surface area contributed by atoms with Crippen LogP contribution in [0.25, 0.3) is 0 Å². The first-order valence-electron chi connectivity index (χ1n) is 8.00. The van der Waals surface area contributed by atoms with Gasteiger partial charge in [0.15, 0.2) is 0 Å². The van der Waals surface area contributed by atoms with Crippen LogP contribution in [-0.2, 0) is 6.54 Å². The van der Waals surface area contributed by atoms with Gasteiger partial charge in [0.1, 0.15) is 0 Å². The second-order valence-corrected chi connectivity index (χ2v) is 7.41. The van der Waals surface area contributed by atoms with E-state index in [1.165, 1.54) is 31.7 Å². The third-order valence-corrected chi connectivity index (χ3v) is 5.69. The monoisotopic (exact) mass is 309 g/mol. The van der Waals surface area contributed by atoms with Gasteiger partial charge in [-0.25, -0.2) is 0 Å². The third-order valence-electron chi connectivity index (χ3n) is 4.96. The highest BCUT2D eigenvalue weighted by Crippen LogP contribution is 2.26. The minimum Gasteiger partial charge on any atom is -0.396 e. The molecule has 2 fully saturated rings. The van der Waals surface area contributed by atoms with Gasteiger partial charge in [-0.05, 0) is 41.3 Å². The summed E-state index contributed by atoms with van der Waals surface area (Å²) < 4.78 is 0. The van der Waals surface area contributed by atoms with E-state index in [1.807, 2.05) is 0 Å². The topological polar surface area (TPSA) is 30.0 Å². The highest BCUT2D eigenvalue weighted by atomic mass is 32.1. The van der Waals surface area contributed by atoms with Crippen LogP contribution in [0.15, 0.2) is 16.8 Å². The number of thiophene rings is 1. The molecule has 1 N–H and O–H groups in total. The molecule has 21 heavy (non-hydrogen) atoms. The van der Waals surface area contributed by atoms with Crippen molar-refractivity contribution in [3.63, 3.8) is 0 Å². The summed E-state index contributed by atoms with van der Waals surface area (Å²) in [4.78, 5) is 7.50. The lowest BCUT2D eigenvalue weighted by Crippen LogP contribution is -2.47. The molecule has 4 nitrogen and oxygen atoms in total. The lowest BCUT2D eigenvalue weighted by atomic mass is 9.96. The van der Waals surface area contributed by atoms with E-state index in [0.717, 1.165) is 26.2 Å². The molecule has 1 aromatic rings. The molecule has 0 spiro atoms. The smallest absolute Gasteiger partial charge is 0.0475 e. The van der Waals surface area contributed by atoms with Gasteiger partial charge in [-0.15, -0.1) is 0 Å². The van der Waals surface area contributed by atoms with Gasteiger partial charge >= 0.3 is 0 Å². The molecule has 0 aromatic carbocycles. The molecule has 1 aromatic heterocycles. The zero-order valence-corrected chi connectivity index (χ0v) is 13.8. The van der Waals surface area contributed by atoms with E-state index in [2.05, 4.69) is 38.6 Å². The summed E-state index contributed by atoms with van der Waals surface area (Å²) >= 11 is 1.77. The van der Waals surface area contributed by atoms with Gasteiger partial charge in [-0.1, -0.05) is 0 Å². The van der Waals surface area contributed by atoms with Crippen LogP contribution in [0.5, 0.6) is 0 Å². The summed E-state index contributed by atoms with van der Waals surface area (Å²) in [6, 6.07) is 2.21. The molecule has 2 unspecified atom stereocenters. The van der Waals surface area contributed by atoms with Crippen LogP contribution >= 0.6 is 11.3 Å². The number of aliphatic hydroxyl groups excluding tert-OH is 1. The van der Waals surface area contributed by atoms with Gasteiger partial charge in [-0.2, -0.15) is 11.3 Å². The lowest BCUT2D eigenvalue weighted by molar-refractivity contribution is 0.116. The largest absolute Gasteiger partial charge is 0.396 e. The normalized spacial score (nSPS) is 29.2. The number of likely N-dealkylation sites (N-methyl/N-ethyl adjacent to an activating group) is 1. The van der Waals surface area contributed by atoms with Crippen LogP contribution in [-0.4, -0.2) is 79.3 Å². The first kappa shape index (κ1) is 15.4. The van der Waals surface area contributed by atoms with Crippen molar-refractivity contribution in [3.05, 3.63) is 22.4 Å². The maximum absolute atomic E-state index is 9.70. The molecule has 2 aliphatic heterocycles. The van der Waals surface area contributed by atoms with Crippen molar-refractivity contribution in [2.75, 3.05) is 59.5 Å². The van der Waals surface area contributed by atoms with Gasteiger partial charge in [0.25, 0.3) is 0 Å².